The Morgan fingerprint density at radius 2 is 2.33 bits per heavy atom. The summed E-state index contributed by atoms with van der Waals surface area (Å²) in [6.07, 6.45) is 4.42. The van der Waals surface area contributed by atoms with Gasteiger partial charge in [0.2, 0.25) is 0 Å². The van der Waals surface area contributed by atoms with E-state index in [4.69, 9.17) is 0 Å². The van der Waals surface area contributed by atoms with Crippen LogP contribution in [0.25, 0.3) is 0 Å². The van der Waals surface area contributed by atoms with Gasteiger partial charge in [-0.3, -0.25) is 0 Å². The Balaban J connectivity index is 0.000000640. The average molecular weight is 295 g/mol. The van der Waals surface area contributed by atoms with Crippen molar-refractivity contribution in [3.63, 3.8) is 0 Å². The number of rotatable bonds is 1. The first-order chi connectivity index (χ1) is 3.80. The van der Waals surface area contributed by atoms with Crippen molar-refractivity contribution in [2.45, 2.75) is 19.8 Å². The van der Waals surface area contributed by atoms with Gasteiger partial charge < -0.3 is 9.97 Å². The topological polar surface area (TPSA) is 28.7 Å². The van der Waals surface area contributed by atoms with E-state index >= 15 is 0 Å². The summed E-state index contributed by atoms with van der Waals surface area (Å²) in [5.41, 5.74) is 0. The van der Waals surface area contributed by atoms with Crippen LogP contribution in [0.3, 0.4) is 0 Å². The SMILES string of the molecule is CC(C)c1n[c-]c[nH]1.[Re]. The predicted molar refractivity (Wildman–Crippen MR) is 31.5 cm³/mol. The van der Waals surface area contributed by atoms with E-state index < -0.39 is 0 Å². The van der Waals surface area contributed by atoms with Gasteiger partial charge in [0, 0.05) is 20.4 Å². The van der Waals surface area contributed by atoms with Gasteiger partial charge in [0.25, 0.3) is 0 Å². The summed E-state index contributed by atoms with van der Waals surface area (Å²) < 4.78 is 0. The number of aromatic amines is 1. The maximum absolute atomic E-state index is 3.94. The maximum atomic E-state index is 3.94. The second kappa shape index (κ2) is 3.81. The van der Waals surface area contributed by atoms with E-state index in [1.54, 1.807) is 6.20 Å². The van der Waals surface area contributed by atoms with E-state index in [0.717, 1.165) is 5.82 Å². The molecule has 2 nitrogen and oxygen atoms in total. The van der Waals surface area contributed by atoms with Gasteiger partial charge in [0.05, 0.1) is 0 Å². The molecule has 0 bridgehead atoms. The Bertz CT molecular complexity index is 146. The van der Waals surface area contributed by atoms with Crippen LogP contribution < -0.4 is 0 Å². The fourth-order valence-electron chi connectivity index (χ4n) is 0.536. The molecular formula is C6H9N2Re-. The van der Waals surface area contributed by atoms with Crippen molar-refractivity contribution in [3.8, 4) is 0 Å². The van der Waals surface area contributed by atoms with E-state index in [-0.39, 0.29) is 20.4 Å². The molecular weight excluding hydrogens is 286 g/mol. The number of H-pyrrole nitrogens is 1. The minimum absolute atomic E-state index is 0. The Morgan fingerprint density at radius 3 is 2.56 bits per heavy atom. The molecule has 0 aliphatic heterocycles. The van der Waals surface area contributed by atoms with Gasteiger partial charge in [-0.25, -0.2) is 0 Å². The molecule has 0 aliphatic carbocycles. The second-order valence-electron chi connectivity index (χ2n) is 2.07. The molecule has 0 atom stereocenters. The van der Waals surface area contributed by atoms with Gasteiger partial charge in [-0.1, -0.05) is 26.0 Å². The quantitative estimate of drug-likeness (QED) is 0.778. The van der Waals surface area contributed by atoms with Gasteiger partial charge in [-0.05, 0) is 5.82 Å². The smallest absolute Gasteiger partial charge is 0 e. The van der Waals surface area contributed by atoms with Crippen LogP contribution in [0.1, 0.15) is 25.6 Å². The number of imidazole rings is 1. The first-order valence-electron chi connectivity index (χ1n) is 2.72. The largest absolute Gasteiger partial charge is 0.442 e. The zero-order valence-electron chi connectivity index (χ0n) is 5.48. The fourth-order valence-corrected chi connectivity index (χ4v) is 0.536. The van der Waals surface area contributed by atoms with Gasteiger partial charge in [-0.2, -0.15) is 0 Å². The van der Waals surface area contributed by atoms with Crippen LogP contribution in [0.2, 0.25) is 0 Å². The molecule has 1 heterocycles. The van der Waals surface area contributed by atoms with Gasteiger partial charge in [0.1, 0.15) is 0 Å². The van der Waals surface area contributed by atoms with E-state index in [9.17, 15) is 0 Å². The summed E-state index contributed by atoms with van der Waals surface area (Å²) >= 11 is 0. The molecule has 0 amide bonds. The first kappa shape index (κ1) is 8.87. The Hall–Kier alpha value is -0.128. The number of nitrogens with zero attached hydrogens (tertiary/aromatic N) is 1. The van der Waals surface area contributed by atoms with E-state index in [1.807, 2.05) is 0 Å². The third kappa shape index (κ3) is 2.30. The van der Waals surface area contributed by atoms with Crippen LogP contribution in [0.5, 0.6) is 0 Å². The molecule has 0 saturated carbocycles. The van der Waals surface area contributed by atoms with Crippen molar-refractivity contribution in [1.82, 2.24) is 9.97 Å². The normalized spacial score (nSPS) is 9.22. The molecule has 0 saturated heterocycles. The first-order valence-corrected chi connectivity index (χ1v) is 2.72. The molecule has 1 N–H and O–H groups in total. The fraction of sp³-hybridized carbons (Fsp3) is 0.500. The van der Waals surface area contributed by atoms with Crippen LogP contribution >= 0.6 is 0 Å². The van der Waals surface area contributed by atoms with Crippen molar-refractivity contribution >= 4 is 0 Å². The summed E-state index contributed by atoms with van der Waals surface area (Å²) in [4.78, 5) is 6.91. The molecule has 1 rings (SSSR count). The Kier molecular flexibility index (Phi) is 3.76. The van der Waals surface area contributed by atoms with Crippen molar-refractivity contribution in [3.05, 3.63) is 18.2 Å². The summed E-state index contributed by atoms with van der Waals surface area (Å²) in [6.45, 7) is 4.18. The molecule has 1 radical (unpaired) electrons. The number of hydrogen-bond acceptors (Lipinski definition) is 1. The van der Waals surface area contributed by atoms with Crippen LogP contribution in [0.15, 0.2) is 6.20 Å². The molecule has 0 unspecified atom stereocenters. The van der Waals surface area contributed by atoms with Crippen LogP contribution in [0.4, 0.5) is 0 Å². The van der Waals surface area contributed by atoms with Crippen molar-refractivity contribution < 1.29 is 20.4 Å². The van der Waals surface area contributed by atoms with Crippen molar-refractivity contribution in [2.24, 2.45) is 0 Å². The second-order valence-corrected chi connectivity index (χ2v) is 2.07. The van der Waals surface area contributed by atoms with E-state index in [2.05, 4.69) is 30.0 Å². The Morgan fingerprint density at radius 1 is 1.67 bits per heavy atom. The number of nitrogens with one attached hydrogen (secondary N) is 1. The summed E-state index contributed by atoms with van der Waals surface area (Å²) in [5.74, 6) is 1.49. The minimum atomic E-state index is 0. The summed E-state index contributed by atoms with van der Waals surface area (Å²) in [6, 6.07) is 0. The molecule has 9 heavy (non-hydrogen) atoms. The molecule has 0 spiro atoms. The molecule has 0 fully saturated rings. The minimum Gasteiger partial charge on any atom is -0.442 e. The van der Waals surface area contributed by atoms with Crippen molar-refractivity contribution in [1.29, 1.82) is 0 Å². The Labute approximate surface area is 68.7 Å². The summed E-state index contributed by atoms with van der Waals surface area (Å²) in [7, 11) is 0. The van der Waals surface area contributed by atoms with E-state index in [1.165, 1.54) is 0 Å². The monoisotopic (exact) mass is 296 g/mol. The van der Waals surface area contributed by atoms with Crippen LogP contribution in [-0.2, 0) is 20.4 Å². The van der Waals surface area contributed by atoms with Gasteiger partial charge in [0.15, 0.2) is 0 Å². The summed E-state index contributed by atoms with van der Waals surface area (Å²) in [5, 5.41) is 0. The molecule has 1 aromatic rings. The van der Waals surface area contributed by atoms with Gasteiger partial charge >= 0.3 is 0 Å². The predicted octanol–water partition coefficient (Wildman–Crippen LogP) is 1.33. The molecule has 51 valence electrons. The molecule has 0 aromatic carbocycles. The zero-order chi connectivity index (χ0) is 5.98. The maximum Gasteiger partial charge on any atom is 0 e. The number of aromatic nitrogens is 2. The van der Waals surface area contributed by atoms with Crippen molar-refractivity contribution in [2.75, 3.05) is 0 Å². The zero-order valence-corrected chi connectivity index (χ0v) is 8.20. The van der Waals surface area contributed by atoms with Crippen LogP contribution in [0, 0.1) is 6.20 Å². The van der Waals surface area contributed by atoms with Crippen LogP contribution in [-0.4, -0.2) is 9.97 Å². The average Bonchev–Trinajstić information content (AvgIpc) is 2.12. The molecule has 0 aliphatic rings. The van der Waals surface area contributed by atoms with E-state index in [0.29, 0.717) is 5.92 Å². The third-order valence-corrected chi connectivity index (χ3v) is 1.02. The third-order valence-electron chi connectivity index (χ3n) is 1.02. The van der Waals surface area contributed by atoms with Gasteiger partial charge in [-0.15, -0.1) is 6.20 Å². The number of hydrogen-bond donors (Lipinski definition) is 1. The standard InChI is InChI=1S/C6H9N2.Re/c1-5(2)6-7-3-4-8-6;/h3,5H,1-2H3,(H,7,8);/q-1;. The molecule has 1 aromatic heterocycles. The molecule has 3 heteroatoms.